The van der Waals surface area contributed by atoms with E-state index in [9.17, 15) is 9.90 Å². The monoisotopic (exact) mass is 255 g/mol. The molecule has 1 N–H and O–H groups in total. The van der Waals surface area contributed by atoms with Crippen LogP contribution in [0.3, 0.4) is 0 Å². The van der Waals surface area contributed by atoms with Crippen LogP contribution in [-0.4, -0.2) is 16.1 Å². The van der Waals surface area contributed by atoms with Crippen LogP contribution in [0.2, 0.25) is 0 Å². The summed E-state index contributed by atoms with van der Waals surface area (Å²) in [6, 6.07) is 13.5. The van der Waals surface area contributed by atoms with Crippen molar-refractivity contribution in [2.24, 2.45) is 5.92 Å². The van der Waals surface area contributed by atoms with Crippen molar-refractivity contribution < 1.29 is 9.90 Å². The summed E-state index contributed by atoms with van der Waals surface area (Å²) in [5.41, 5.74) is 3.05. The van der Waals surface area contributed by atoms with Gasteiger partial charge in [0.25, 0.3) is 0 Å². The summed E-state index contributed by atoms with van der Waals surface area (Å²) < 4.78 is 0. The second kappa shape index (κ2) is 6.14. The van der Waals surface area contributed by atoms with E-state index in [1.165, 1.54) is 0 Å². The molecule has 0 aliphatic rings. The summed E-state index contributed by atoms with van der Waals surface area (Å²) in [6.07, 6.45) is 2.70. The Labute approximate surface area is 112 Å². The lowest BCUT2D eigenvalue weighted by Crippen LogP contribution is -2.20. The second-order valence-electron chi connectivity index (χ2n) is 4.69. The molecule has 0 aliphatic carbocycles. The number of hydrogen-bond acceptors (Lipinski definition) is 2. The number of aliphatic carboxylic acids is 1. The zero-order valence-electron chi connectivity index (χ0n) is 10.9. The van der Waals surface area contributed by atoms with Gasteiger partial charge in [-0.2, -0.15) is 0 Å². The molecule has 2 aromatic rings. The Morgan fingerprint density at radius 3 is 2.53 bits per heavy atom. The molecule has 2 rings (SSSR count). The summed E-state index contributed by atoms with van der Waals surface area (Å²) in [5.74, 6) is -1.20. The highest BCUT2D eigenvalue weighted by Crippen LogP contribution is 2.16. The van der Waals surface area contributed by atoms with Gasteiger partial charge in [0, 0.05) is 18.3 Å². The number of carbonyl (C=O) groups is 1. The molecule has 0 spiro atoms. The quantitative estimate of drug-likeness (QED) is 0.893. The Kier molecular flexibility index (Phi) is 4.29. The molecule has 98 valence electrons. The van der Waals surface area contributed by atoms with E-state index < -0.39 is 11.9 Å². The van der Waals surface area contributed by atoms with Gasteiger partial charge in [0.2, 0.25) is 0 Å². The van der Waals surface area contributed by atoms with Crippen LogP contribution in [0.4, 0.5) is 0 Å². The number of carboxylic acids is 1. The standard InChI is InChI=1S/C16H17NO2/c1-12-6-2-3-7-13(12)10-14(16(18)19)11-15-8-4-5-9-17-15/h2-9,14H,10-11H2,1H3,(H,18,19). The number of pyridine rings is 1. The molecular weight excluding hydrogens is 238 g/mol. The van der Waals surface area contributed by atoms with Gasteiger partial charge in [0.15, 0.2) is 0 Å². The highest BCUT2D eigenvalue weighted by molar-refractivity contribution is 5.70. The average Bonchev–Trinajstić information content (AvgIpc) is 2.41. The molecule has 0 saturated heterocycles. The topological polar surface area (TPSA) is 50.2 Å². The maximum atomic E-state index is 11.4. The molecule has 0 amide bonds. The molecule has 0 aliphatic heterocycles. The molecule has 0 fully saturated rings. The van der Waals surface area contributed by atoms with Gasteiger partial charge in [-0.3, -0.25) is 9.78 Å². The Hall–Kier alpha value is -2.16. The van der Waals surface area contributed by atoms with Crippen LogP contribution in [0.15, 0.2) is 48.7 Å². The van der Waals surface area contributed by atoms with E-state index in [-0.39, 0.29) is 0 Å². The minimum Gasteiger partial charge on any atom is -0.481 e. The molecule has 1 aromatic carbocycles. The largest absolute Gasteiger partial charge is 0.481 e. The summed E-state index contributed by atoms with van der Waals surface area (Å²) in [4.78, 5) is 15.6. The zero-order valence-corrected chi connectivity index (χ0v) is 10.9. The lowest BCUT2D eigenvalue weighted by atomic mass is 9.92. The van der Waals surface area contributed by atoms with Gasteiger partial charge in [0.1, 0.15) is 0 Å². The molecular formula is C16H17NO2. The first kappa shape index (κ1) is 13.3. The summed E-state index contributed by atoms with van der Waals surface area (Å²) in [7, 11) is 0. The van der Waals surface area contributed by atoms with Crippen LogP contribution in [0.1, 0.15) is 16.8 Å². The van der Waals surface area contributed by atoms with Gasteiger partial charge < -0.3 is 5.11 Å². The predicted octanol–water partition coefficient (Wildman–Crippen LogP) is 2.88. The van der Waals surface area contributed by atoms with Gasteiger partial charge in [0.05, 0.1) is 5.92 Å². The van der Waals surface area contributed by atoms with Crippen molar-refractivity contribution in [1.82, 2.24) is 4.98 Å². The van der Waals surface area contributed by atoms with Crippen molar-refractivity contribution in [3.8, 4) is 0 Å². The van der Waals surface area contributed by atoms with Crippen LogP contribution in [0.25, 0.3) is 0 Å². The fraction of sp³-hybridized carbons (Fsp3) is 0.250. The third kappa shape index (κ3) is 3.65. The lowest BCUT2D eigenvalue weighted by Gasteiger charge is -2.13. The van der Waals surface area contributed by atoms with Gasteiger partial charge in [-0.25, -0.2) is 0 Å². The highest BCUT2D eigenvalue weighted by atomic mass is 16.4. The van der Waals surface area contributed by atoms with Crippen LogP contribution in [0, 0.1) is 12.8 Å². The molecule has 1 aromatic heterocycles. The maximum Gasteiger partial charge on any atom is 0.307 e. The highest BCUT2D eigenvalue weighted by Gasteiger charge is 2.19. The Balaban J connectivity index is 2.13. The number of carboxylic acid groups (broad SMARTS) is 1. The van der Waals surface area contributed by atoms with E-state index in [1.807, 2.05) is 49.4 Å². The van der Waals surface area contributed by atoms with Gasteiger partial charge in [-0.1, -0.05) is 30.3 Å². The first-order valence-electron chi connectivity index (χ1n) is 6.34. The maximum absolute atomic E-state index is 11.4. The first-order valence-corrected chi connectivity index (χ1v) is 6.34. The van der Waals surface area contributed by atoms with Crippen LogP contribution < -0.4 is 0 Å². The van der Waals surface area contributed by atoms with Crippen LogP contribution in [-0.2, 0) is 17.6 Å². The number of benzene rings is 1. The number of aryl methyl sites for hydroxylation is 1. The van der Waals surface area contributed by atoms with E-state index in [4.69, 9.17) is 0 Å². The van der Waals surface area contributed by atoms with Crippen molar-refractivity contribution in [3.63, 3.8) is 0 Å². The van der Waals surface area contributed by atoms with E-state index in [0.29, 0.717) is 12.8 Å². The third-order valence-electron chi connectivity index (χ3n) is 3.26. The van der Waals surface area contributed by atoms with Gasteiger partial charge >= 0.3 is 5.97 Å². The molecule has 1 heterocycles. The number of aromatic nitrogens is 1. The summed E-state index contributed by atoms with van der Waals surface area (Å²) in [5, 5.41) is 9.36. The fourth-order valence-electron chi connectivity index (χ4n) is 2.12. The van der Waals surface area contributed by atoms with Crippen LogP contribution in [0.5, 0.6) is 0 Å². The fourth-order valence-corrected chi connectivity index (χ4v) is 2.12. The smallest absolute Gasteiger partial charge is 0.307 e. The third-order valence-corrected chi connectivity index (χ3v) is 3.26. The zero-order chi connectivity index (χ0) is 13.7. The second-order valence-corrected chi connectivity index (χ2v) is 4.69. The molecule has 0 bridgehead atoms. The Morgan fingerprint density at radius 2 is 1.89 bits per heavy atom. The molecule has 3 nitrogen and oxygen atoms in total. The normalized spacial score (nSPS) is 12.1. The van der Waals surface area contributed by atoms with Gasteiger partial charge in [-0.05, 0) is 36.6 Å². The first-order chi connectivity index (χ1) is 9.16. The Morgan fingerprint density at radius 1 is 1.16 bits per heavy atom. The number of nitrogens with zero attached hydrogens (tertiary/aromatic N) is 1. The van der Waals surface area contributed by atoms with Crippen molar-refractivity contribution in [2.45, 2.75) is 19.8 Å². The van der Waals surface area contributed by atoms with Crippen molar-refractivity contribution in [3.05, 3.63) is 65.5 Å². The molecule has 3 heteroatoms. The average molecular weight is 255 g/mol. The molecule has 0 saturated carbocycles. The molecule has 0 radical (unpaired) electrons. The SMILES string of the molecule is Cc1ccccc1CC(Cc1ccccn1)C(=O)O. The van der Waals surface area contributed by atoms with E-state index in [2.05, 4.69) is 4.98 Å². The molecule has 19 heavy (non-hydrogen) atoms. The van der Waals surface area contributed by atoms with Crippen molar-refractivity contribution in [2.75, 3.05) is 0 Å². The molecule has 1 atom stereocenters. The summed E-state index contributed by atoms with van der Waals surface area (Å²) in [6.45, 7) is 2.01. The van der Waals surface area contributed by atoms with Crippen molar-refractivity contribution in [1.29, 1.82) is 0 Å². The van der Waals surface area contributed by atoms with E-state index >= 15 is 0 Å². The number of rotatable bonds is 5. The molecule has 1 unspecified atom stereocenters. The van der Waals surface area contributed by atoms with E-state index in [1.54, 1.807) is 6.20 Å². The number of hydrogen-bond donors (Lipinski definition) is 1. The lowest BCUT2D eigenvalue weighted by molar-refractivity contribution is -0.141. The van der Waals surface area contributed by atoms with E-state index in [0.717, 1.165) is 16.8 Å². The minimum absolute atomic E-state index is 0.434. The minimum atomic E-state index is -0.770. The summed E-state index contributed by atoms with van der Waals surface area (Å²) >= 11 is 0. The van der Waals surface area contributed by atoms with Crippen molar-refractivity contribution >= 4 is 5.97 Å². The van der Waals surface area contributed by atoms with Crippen LogP contribution >= 0.6 is 0 Å². The van der Waals surface area contributed by atoms with Gasteiger partial charge in [-0.15, -0.1) is 0 Å². The Bertz CT molecular complexity index is 552. The predicted molar refractivity (Wildman–Crippen MR) is 73.9 cm³/mol.